The summed E-state index contributed by atoms with van der Waals surface area (Å²) < 4.78 is 35.1. The standard InChI is InChI=1S/C26H32F2O/c1-3-5-17-6-7-19-14-20(9-8-18(19)13-17)22-11-10-21-15-25(29-12-4-2)24(27)16-23(21)26(22)28/h4,10-11,15-20H,2-3,5-9,12-14H2,1H3. The van der Waals surface area contributed by atoms with E-state index in [-0.39, 0.29) is 24.1 Å². The zero-order chi connectivity index (χ0) is 20.4. The van der Waals surface area contributed by atoms with Gasteiger partial charge in [0.15, 0.2) is 11.6 Å². The van der Waals surface area contributed by atoms with Crippen molar-refractivity contribution in [2.24, 2.45) is 17.8 Å². The van der Waals surface area contributed by atoms with E-state index in [1.54, 1.807) is 12.1 Å². The third kappa shape index (κ3) is 4.20. The summed E-state index contributed by atoms with van der Waals surface area (Å²) in [7, 11) is 0. The van der Waals surface area contributed by atoms with Crippen molar-refractivity contribution in [3.63, 3.8) is 0 Å². The minimum Gasteiger partial charge on any atom is -0.486 e. The number of benzene rings is 2. The van der Waals surface area contributed by atoms with Crippen LogP contribution >= 0.6 is 0 Å². The van der Waals surface area contributed by atoms with Crippen molar-refractivity contribution in [2.45, 2.75) is 64.2 Å². The van der Waals surface area contributed by atoms with E-state index in [4.69, 9.17) is 4.74 Å². The quantitative estimate of drug-likeness (QED) is 0.451. The van der Waals surface area contributed by atoms with Crippen molar-refractivity contribution in [2.75, 3.05) is 6.61 Å². The summed E-state index contributed by atoms with van der Waals surface area (Å²) in [6, 6.07) is 6.71. The van der Waals surface area contributed by atoms with E-state index in [1.807, 2.05) is 12.1 Å². The van der Waals surface area contributed by atoms with E-state index in [0.717, 1.165) is 36.2 Å². The number of hydrogen-bond acceptors (Lipinski definition) is 1. The van der Waals surface area contributed by atoms with Crippen LogP contribution in [0.4, 0.5) is 8.78 Å². The van der Waals surface area contributed by atoms with Gasteiger partial charge in [-0.2, -0.15) is 0 Å². The summed E-state index contributed by atoms with van der Waals surface area (Å²) in [6.45, 7) is 6.09. The van der Waals surface area contributed by atoms with Crippen LogP contribution in [0.2, 0.25) is 0 Å². The van der Waals surface area contributed by atoms with Crippen molar-refractivity contribution >= 4 is 10.8 Å². The van der Waals surface area contributed by atoms with Crippen molar-refractivity contribution < 1.29 is 13.5 Å². The van der Waals surface area contributed by atoms with Gasteiger partial charge in [-0.05, 0) is 78.9 Å². The minimum atomic E-state index is -0.520. The Morgan fingerprint density at radius 1 is 1.07 bits per heavy atom. The highest BCUT2D eigenvalue weighted by molar-refractivity contribution is 5.85. The maximum Gasteiger partial charge on any atom is 0.165 e. The van der Waals surface area contributed by atoms with Crippen LogP contribution < -0.4 is 4.74 Å². The Hall–Kier alpha value is -1.90. The highest BCUT2D eigenvalue weighted by Gasteiger charge is 2.36. The molecule has 2 fully saturated rings. The molecule has 29 heavy (non-hydrogen) atoms. The van der Waals surface area contributed by atoms with Gasteiger partial charge in [-0.25, -0.2) is 8.78 Å². The first kappa shape index (κ1) is 20.4. The number of rotatable bonds is 6. The summed E-state index contributed by atoms with van der Waals surface area (Å²) in [4.78, 5) is 0. The summed E-state index contributed by atoms with van der Waals surface area (Å²) in [5, 5.41) is 1.04. The fraction of sp³-hybridized carbons (Fsp3) is 0.538. The van der Waals surface area contributed by atoms with E-state index in [2.05, 4.69) is 13.5 Å². The Morgan fingerprint density at radius 3 is 2.66 bits per heavy atom. The van der Waals surface area contributed by atoms with Crippen LogP contribution in [0.25, 0.3) is 10.8 Å². The first-order chi connectivity index (χ1) is 14.1. The predicted octanol–water partition coefficient (Wildman–Crippen LogP) is 7.78. The van der Waals surface area contributed by atoms with Crippen LogP contribution in [0.15, 0.2) is 36.9 Å². The van der Waals surface area contributed by atoms with Gasteiger partial charge in [0.1, 0.15) is 12.4 Å². The topological polar surface area (TPSA) is 9.23 Å². The van der Waals surface area contributed by atoms with Crippen LogP contribution in [-0.4, -0.2) is 6.61 Å². The average Bonchev–Trinajstić information content (AvgIpc) is 2.73. The fourth-order valence-corrected chi connectivity index (χ4v) is 5.82. The summed E-state index contributed by atoms with van der Waals surface area (Å²) in [5.74, 6) is 2.08. The molecule has 0 N–H and O–H groups in total. The summed E-state index contributed by atoms with van der Waals surface area (Å²) in [5.41, 5.74) is 0.769. The monoisotopic (exact) mass is 398 g/mol. The van der Waals surface area contributed by atoms with E-state index < -0.39 is 5.82 Å². The predicted molar refractivity (Wildman–Crippen MR) is 115 cm³/mol. The van der Waals surface area contributed by atoms with Gasteiger partial charge in [0.05, 0.1) is 0 Å². The Bertz CT molecular complexity index is 875. The molecule has 0 heterocycles. The van der Waals surface area contributed by atoms with Crippen LogP contribution in [0, 0.1) is 29.4 Å². The van der Waals surface area contributed by atoms with E-state index in [9.17, 15) is 4.39 Å². The van der Waals surface area contributed by atoms with E-state index in [0.29, 0.717) is 10.8 Å². The summed E-state index contributed by atoms with van der Waals surface area (Å²) >= 11 is 0. The van der Waals surface area contributed by atoms with Gasteiger partial charge in [-0.15, -0.1) is 0 Å². The number of hydrogen-bond donors (Lipinski definition) is 0. The molecule has 4 rings (SSSR count). The van der Waals surface area contributed by atoms with Gasteiger partial charge in [0.2, 0.25) is 0 Å². The second kappa shape index (κ2) is 8.85. The highest BCUT2D eigenvalue weighted by atomic mass is 19.1. The molecule has 1 nitrogen and oxygen atoms in total. The van der Waals surface area contributed by atoms with Crippen LogP contribution in [0.5, 0.6) is 5.75 Å². The van der Waals surface area contributed by atoms with Crippen LogP contribution in [-0.2, 0) is 0 Å². The molecule has 0 aliphatic heterocycles. The maximum atomic E-state index is 15.4. The SMILES string of the molecule is C=CCOc1cc2ccc(C3CCC4CC(CCC)CCC4C3)c(F)c2cc1F. The molecule has 4 atom stereocenters. The molecule has 0 amide bonds. The van der Waals surface area contributed by atoms with Gasteiger partial charge in [-0.1, -0.05) is 51.0 Å². The van der Waals surface area contributed by atoms with Gasteiger partial charge in [0.25, 0.3) is 0 Å². The number of fused-ring (bicyclic) bond motifs is 2. The number of halogens is 2. The van der Waals surface area contributed by atoms with Crippen molar-refractivity contribution in [1.82, 2.24) is 0 Å². The largest absolute Gasteiger partial charge is 0.486 e. The zero-order valence-corrected chi connectivity index (χ0v) is 17.4. The Balaban J connectivity index is 1.54. The molecule has 0 bridgehead atoms. The molecule has 156 valence electrons. The fourth-order valence-electron chi connectivity index (χ4n) is 5.82. The van der Waals surface area contributed by atoms with Crippen molar-refractivity contribution in [1.29, 1.82) is 0 Å². The zero-order valence-electron chi connectivity index (χ0n) is 17.4. The molecule has 0 saturated heterocycles. The Morgan fingerprint density at radius 2 is 1.86 bits per heavy atom. The normalized spacial score (nSPS) is 26.9. The Labute approximate surface area is 173 Å². The maximum absolute atomic E-state index is 15.4. The lowest BCUT2D eigenvalue weighted by molar-refractivity contribution is 0.113. The molecule has 2 aliphatic carbocycles. The molecule has 0 spiro atoms. The second-order valence-electron chi connectivity index (χ2n) is 9.07. The summed E-state index contributed by atoms with van der Waals surface area (Å²) in [6.07, 6.45) is 11.5. The molecule has 2 aliphatic rings. The van der Waals surface area contributed by atoms with Gasteiger partial charge >= 0.3 is 0 Å². The lowest BCUT2D eigenvalue weighted by Crippen LogP contribution is -2.30. The molecular formula is C26H32F2O. The molecule has 0 radical (unpaired) electrons. The van der Waals surface area contributed by atoms with Gasteiger partial charge in [-0.3, -0.25) is 0 Å². The van der Waals surface area contributed by atoms with Gasteiger partial charge < -0.3 is 4.74 Å². The first-order valence-electron chi connectivity index (χ1n) is 11.3. The Kier molecular flexibility index (Phi) is 6.22. The smallest absolute Gasteiger partial charge is 0.165 e. The van der Waals surface area contributed by atoms with Crippen LogP contribution in [0.3, 0.4) is 0 Å². The molecule has 4 unspecified atom stereocenters. The van der Waals surface area contributed by atoms with Crippen molar-refractivity contribution in [3.05, 3.63) is 54.1 Å². The van der Waals surface area contributed by atoms with E-state index in [1.165, 1.54) is 44.6 Å². The molecule has 2 aromatic rings. The molecule has 3 heteroatoms. The van der Waals surface area contributed by atoms with Crippen LogP contribution in [0.1, 0.15) is 69.8 Å². The van der Waals surface area contributed by atoms with E-state index >= 15 is 4.39 Å². The van der Waals surface area contributed by atoms with Gasteiger partial charge in [0, 0.05) is 5.39 Å². The third-order valence-corrected chi connectivity index (χ3v) is 7.25. The molecule has 2 saturated carbocycles. The lowest BCUT2D eigenvalue weighted by Gasteiger charge is -2.42. The highest BCUT2D eigenvalue weighted by Crippen LogP contribution is 2.49. The molecule has 2 aromatic carbocycles. The average molecular weight is 399 g/mol. The molecule has 0 aromatic heterocycles. The molecular weight excluding hydrogens is 366 g/mol. The third-order valence-electron chi connectivity index (χ3n) is 7.25. The minimum absolute atomic E-state index is 0.147. The number of ether oxygens (including phenoxy) is 1. The first-order valence-corrected chi connectivity index (χ1v) is 11.3. The van der Waals surface area contributed by atoms with Crippen molar-refractivity contribution in [3.8, 4) is 5.75 Å². The second-order valence-corrected chi connectivity index (χ2v) is 9.07. The lowest BCUT2D eigenvalue weighted by atomic mass is 9.63.